The Kier molecular flexibility index (Phi) is 13.2. The quantitative estimate of drug-likeness (QED) is 0.488. The molecule has 1 N–H and O–H groups in total. The molecule has 21 heavy (non-hydrogen) atoms. The Morgan fingerprint density at radius 3 is 1.71 bits per heavy atom. The molecule has 0 bridgehead atoms. The van der Waals surface area contributed by atoms with Crippen LogP contribution in [0.4, 0.5) is 0 Å². The molecule has 1 amide bonds. The van der Waals surface area contributed by atoms with Crippen LogP contribution in [0.2, 0.25) is 0 Å². The van der Waals surface area contributed by atoms with Gasteiger partial charge in [0.2, 0.25) is 5.91 Å². The van der Waals surface area contributed by atoms with Crippen LogP contribution in [0.3, 0.4) is 0 Å². The van der Waals surface area contributed by atoms with Crippen molar-refractivity contribution >= 4 is 11.9 Å². The Balaban J connectivity index is 3.45. The van der Waals surface area contributed by atoms with E-state index in [9.17, 15) is 9.59 Å². The normalized spacial score (nSPS) is 10.6. The van der Waals surface area contributed by atoms with E-state index in [1.165, 1.54) is 56.3 Å². The van der Waals surface area contributed by atoms with Gasteiger partial charge in [0.25, 0.3) is 0 Å². The van der Waals surface area contributed by atoms with Gasteiger partial charge in [-0.2, -0.15) is 0 Å². The van der Waals surface area contributed by atoms with Crippen LogP contribution in [0, 0.1) is 0 Å². The first-order valence-corrected chi connectivity index (χ1v) is 8.61. The smallest absolute Gasteiger partial charge is 0.323 e. The molecular weight excluding hydrogens is 266 g/mol. The summed E-state index contributed by atoms with van der Waals surface area (Å²) in [6, 6.07) is 0. The monoisotopic (exact) mass is 299 g/mol. The zero-order chi connectivity index (χ0) is 15.9. The summed E-state index contributed by atoms with van der Waals surface area (Å²) in [4.78, 5) is 23.8. The second-order valence-electron chi connectivity index (χ2n) is 5.73. The number of carboxylic acid groups (broad SMARTS) is 1. The molecule has 0 aromatic heterocycles. The number of nitrogens with zero attached hydrogens (tertiary/aromatic N) is 1. The number of amides is 1. The predicted octanol–water partition coefficient (Wildman–Crippen LogP) is 4.23. The summed E-state index contributed by atoms with van der Waals surface area (Å²) < 4.78 is 0. The zero-order valence-corrected chi connectivity index (χ0v) is 13.9. The number of hydrogen-bond acceptors (Lipinski definition) is 2. The summed E-state index contributed by atoms with van der Waals surface area (Å²) in [5, 5.41) is 8.72. The molecule has 0 aromatic carbocycles. The first-order chi connectivity index (χ1) is 10.1. The van der Waals surface area contributed by atoms with E-state index in [-0.39, 0.29) is 12.5 Å². The summed E-state index contributed by atoms with van der Waals surface area (Å²) in [6.45, 7) is 4.35. The van der Waals surface area contributed by atoms with Crippen molar-refractivity contribution in [1.82, 2.24) is 4.90 Å². The molecule has 0 fully saturated rings. The average Bonchev–Trinajstić information content (AvgIpc) is 2.46. The maximum absolute atomic E-state index is 11.8. The van der Waals surface area contributed by atoms with Gasteiger partial charge in [0.1, 0.15) is 6.54 Å². The second kappa shape index (κ2) is 13.9. The van der Waals surface area contributed by atoms with E-state index >= 15 is 0 Å². The van der Waals surface area contributed by atoms with E-state index in [2.05, 4.69) is 6.92 Å². The summed E-state index contributed by atoms with van der Waals surface area (Å²) in [7, 11) is 0. The molecule has 124 valence electrons. The number of hydrogen-bond donors (Lipinski definition) is 1. The first kappa shape index (κ1) is 19.9. The molecule has 0 aliphatic rings. The largest absolute Gasteiger partial charge is 0.480 e. The Morgan fingerprint density at radius 1 is 0.810 bits per heavy atom. The van der Waals surface area contributed by atoms with Gasteiger partial charge in [0.05, 0.1) is 0 Å². The number of unbranched alkanes of at least 4 members (excludes halogenated alkanes) is 9. The Labute approximate surface area is 129 Å². The van der Waals surface area contributed by atoms with Crippen LogP contribution in [0.5, 0.6) is 0 Å². The van der Waals surface area contributed by atoms with Crippen molar-refractivity contribution in [3.05, 3.63) is 0 Å². The van der Waals surface area contributed by atoms with E-state index in [0.29, 0.717) is 13.0 Å². The Morgan fingerprint density at radius 2 is 1.29 bits per heavy atom. The minimum absolute atomic E-state index is 0.0283. The number of rotatable bonds is 14. The third-order valence-electron chi connectivity index (χ3n) is 3.80. The highest BCUT2D eigenvalue weighted by molar-refractivity contribution is 5.81. The van der Waals surface area contributed by atoms with Crippen LogP contribution in [0.15, 0.2) is 0 Å². The summed E-state index contributed by atoms with van der Waals surface area (Å²) in [6.07, 6.45) is 12.9. The van der Waals surface area contributed by atoms with Crippen LogP contribution in [-0.4, -0.2) is 35.0 Å². The molecule has 0 aliphatic heterocycles. The van der Waals surface area contributed by atoms with Crippen molar-refractivity contribution in [3.8, 4) is 0 Å². The fourth-order valence-electron chi connectivity index (χ4n) is 2.46. The molecule has 0 aromatic rings. The van der Waals surface area contributed by atoms with Gasteiger partial charge < -0.3 is 10.0 Å². The number of carbonyl (C=O) groups excluding carboxylic acids is 1. The number of carbonyl (C=O) groups is 2. The van der Waals surface area contributed by atoms with Crippen molar-refractivity contribution in [3.63, 3.8) is 0 Å². The van der Waals surface area contributed by atoms with Crippen LogP contribution in [0.25, 0.3) is 0 Å². The van der Waals surface area contributed by atoms with Crippen LogP contribution >= 0.6 is 0 Å². The molecule has 0 heterocycles. The molecule has 0 aliphatic carbocycles. The first-order valence-electron chi connectivity index (χ1n) is 8.61. The molecule has 0 rings (SSSR count). The van der Waals surface area contributed by atoms with Gasteiger partial charge in [0, 0.05) is 13.0 Å². The van der Waals surface area contributed by atoms with Gasteiger partial charge in [-0.3, -0.25) is 9.59 Å². The van der Waals surface area contributed by atoms with E-state index in [1.807, 2.05) is 6.92 Å². The fourth-order valence-corrected chi connectivity index (χ4v) is 2.46. The third-order valence-corrected chi connectivity index (χ3v) is 3.80. The summed E-state index contributed by atoms with van der Waals surface area (Å²) >= 11 is 0. The lowest BCUT2D eigenvalue weighted by molar-refractivity contribution is -0.144. The molecule has 0 unspecified atom stereocenters. The summed E-state index contributed by atoms with van der Waals surface area (Å²) in [5.74, 6) is -0.965. The molecular formula is C17H33NO3. The van der Waals surface area contributed by atoms with Crippen molar-refractivity contribution in [2.75, 3.05) is 13.1 Å². The van der Waals surface area contributed by atoms with Crippen molar-refractivity contribution in [2.24, 2.45) is 0 Å². The van der Waals surface area contributed by atoms with Crippen molar-refractivity contribution < 1.29 is 14.7 Å². The van der Waals surface area contributed by atoms with Crippen molar-refractivity contribution in [2.45, 2.75) is 84.5 Å². The van der Waals surface area contributed by atoms with Crippen LogP contribution in [-0.2, 0) is 9.59 Å². The molecule has 4 nitrogen and oxygen atoms in total. The SMILES string of the molecule is CCCCCCCCCCCCC(=O)N(CC)CC(=O)O. The van der Waals surface area contributed by atoms with Gasteiger partial charge in [-0.25, -0.2) is 0 Å². The minimum atomic E-state index is -0.937. The standard InChI is InChI=1S/C17H33NO3/c1-3-5-6-7-8-9-10-11-12-13-14-16(19)18(4-2)15-17(20)21/h3-15H2,1-2H3,(H,20,21). The summed E-state index contributed by atoms with van der Waals surface area (Å²) in [5.41, 5.74) is 0. The molecule has 0 saturated heterocycles. The zero-order valence-electron chi connectivity index (χ0n) is 13.9. The minimum Gasteiger partial charge on any atom is -0.480 e. The topological polar surface area (TPSA) is 57.6 Å². The Hall–Kier alpha value is -1.06. The van der Waals surface area contributed by atoms with E-state index < -0.39 is 5.97 Å². The predicted molar refractivity (Wildman–Crippen MR) is 86.4 cm³/mol. The highest BCUT2D eigenvalue weighted by Gasteiger charge is 2.13. The Bertz CT molecular complexity index is 279. The van der Waals surface area contributed by atoms with Crippen molar-refractivity contribution in [1.29, 1.82) is 0 Å². The van der Waals surface area contributed by atoms with E-state index in [0.717, 1.165) is 12.8 Å². The lowest BCUT2D eigenvalue weighted by atomic mass is 10.1. The van der Waals surface area contributed by atoms with Gasteiger partial charge in [0.15, 0.2) is 0 Å². The number of aliphatic carboxylic acids is 1. The van der Waals surface area contributed by atoms with Crippen LogP contribution in [0.1, 0.15) is 84.5 Å². The maximum atomic E-state index is 11.8. The lowest BCUT2D eigenvalue weighted by Crippen LogP contribution is -2.35. The molecule has 4 heteroatoms. The van der Waals surface area contributed by atoms with Crippen LogP contribution < -0.4 is 0 Å². The highest BCUT2D eigenvalue weighted by atomic mass is 16.4. The third kappa shape index (κ3) is 12.4. The highest BCUT2D eigenvalue weighted by Crippen LogP contribution is 2.11. The molecule has 0 spiro atoms. The van der Waals surface area contributed by atoms with Gasteiger partial charge in [-0.05, 0) is 13.3 Å². The second-order valence-corrected chi connectivity index (χ2v) is 5.73. The fraction of sp³-hybridized carbons (Fsp3) is 0.882. The van der Waals surface area contributed by atoms with Gasteiger partial charge in [-0.15, -0.1) is 0 Å². The van der Waals surface area contributed by atoms with Gasteiger partial charge >= 0.3 is 5.97 Å². The van der Waals surface area contributed by atoms with E-state index in [4.69, 9.17) is 5.11 Å². The number of carboxylic acids is 1. The molecule has 0 saturated carbocycles. The maximum Gasteiger partial charge on any atom is 0.323 e. The van der Waals surface area contributed by atoms with E-state index in [1.54, 1.807) is 0 Å². The van der Waals surface area contributed by atoms with Gasteiger partial charge in [-0.1, -0.05) is 64.7 Å². The number of likely N-dealkylation sites (N-methyl/N-ethyl adjacent to an activating group) is 1. The average molecular weight is 299 g/mol. The molecule has 0 radical (unpaired) electrons. The molecule has 0 atom stereocenters. The lowest BCUT2D eigenvalue weighted by Gasteiger charge is -2.18.